The van der Waals surface area contributed by atoms with Crippen molar-refractivity contribution in [2.45, 2.75) is 25.4 Å². The number of benzene rings is 2. The van der Waals surface area contributed by atoms with Crippen LogP contribution in [0.4, 0.5) is 20.2 Å². The van der Waals surface area contributed by atoms with Gasteiger partial charge in [0.15, 0.2) is 15.0 Å². The third-order valence-corrected chi connectivity index (χ3v) is 7.95. The van der Waals surface area contributed by atoms with Crippen molar-refractivity contribution in [1.82, 2.24) is 0 Å². The van der Waals surface area contributed by atoms with Crippen LogP contribution in [0.25, 0.3) is 0 Å². The summed E-state index contributed by atoms with van der Waals surface area (Å²) in [7, 11) is -3.30. The molecule has 0 radical (unpaired) electrons. The average molecular weight is 466 g/mol. The van der Waals surface area contributed by atoms with Crippen molar-refractivity contribution in [2.75, 3.05) is 27.5 Å². The fourth-order valence-electron chi connectivity index (χ4n) is 3.86. The van der Waals surface area contributed by atoms with Crippen LogP contribution in [-0.2, 0) is 21.1 Å². The van der Waals surface area contributed by atoms with Crippen LogP contribution in [0, 0.1) is 11.6 Å². The standard InChI is InChI=1S/C21H21F2N3O3S2/c1-2-13-5-3-4-6-16(13)24-20(27)10-30-21-25-17-11-31(28,29)12-19(17)26(21)18-8-7-14(22)9-15(18)23/h3-9,17,19H,2,10-12H2,1H3,(H,24,27)/t17-,19-/m0/s1. The van der Waals surface area contributed by atoms with Crippen LogP contribution in [0.3, 0.4) is 0 Å². The quantitative estimate of drug-likeness (QED) is 0.734. The van der Waals surface area contributed by atoms with Gasteiger partial charge in [0.25, 0.3) is 0 Å². The number of halogens is 2. The molecule has 2 aromatic rings. The number of aliphatic imine (C=N–C) groups is 1. The zero-order valence-electron chi connectivity index (χ0n) is 16.7. The minimum Gasteiger partial charge on any atom is -0.325 e. The molecule has 2 aliphatic rings. The summed E-state index contributed by atoms with van der Waals surface area (Å²) in [5.74, 6) is -2.06. The molecule has 1 fully saturated rings. The molecule has 2 aliphatic heterocycles. The molecule has 0 unspecified atom stereocenters. The van der Waals surface area contributed by atoms with Crippen molar-refractivity contribution in [3.05, 3.63) is 59.7 Å². The molecular weight excluding hydrogens is 444 g/mol. The van der Waals surface area contributed by atoms with Crippen LogP contribution in [-0.4, -0.2) is 48.8 Å². The molecule has 0 aromatic heterocycles. The van der Waals surface area contributed by atoms with E-state index in [9.17, 15) is 22.0 Å². The van der Waals surface area contributed by atoms with Crippen molar-refractivity contribution in [2.24, 2.45) is 4.99 Å². The number of anilines is 2. The Labute approximate surface area is 183 Å². The van der Waals surface area contributed by atoms with Crippen LogP contribution in [0.2, 0.25) is 0 Å². The molecule has 2 heterocycles. The molecule has 0 saturated carbocycles. The first-order valence-electron chi connectivity index (χ1n) is 9.80. The summed E-state index contributed by atoms with van der Waals surface area (Å²) in [6.07, 6.45) is 0.770. The molecule has 0 aliphatic carbocycles. The Morgan fingerprint density at radius 1 is 1.23 bits per heavy atom. The van der Waals surface area contributed by atoms with Gasteiger partial charge in [0.1, 0.15) is 11.6 Å². The Morgan fingerprint density at radius 3 is 2.74 bits per heavy atom. The summed E-state index contributed by atoms with van der Waals surface area (Å²) in [5, 5.41) is 3.23. The van der Waals surface area contributed by atoms with Gasteiger partial charge in [-0.15, -0.1) is 0 Å². The van der Waals surface area contributed by atoms with Crippen LogP contribution >= 0.6 is 11.8 Å². The van der Waals surface area contributed by atoms with E-state index in [1.54, 1.807) is 0 Å². The number of carbonyl (C=O) groups is 1. The summed E-state index contributed by atoms with van der Waals surface area (Å²) in [4.78, 5) is 18.5. The molecular formula is C21H21F2N3O3S2. The van der Waals surface area contributed by atoms with E-state index in [0.717, 1.165) is 41.6 Å². The van der Waals surface area contributed by atoms with Gasteiger partial charge in [-0.25, -0.2) is 17.2 Å². The first-order valence-corrected chi connectivity index (χ1v) is 12.6. The van der Waals surface area contributed by atoms with Crippen molar-refractivity contribution in [3.63, 3.8) is 0 Å². The SMILES string of the molecule is CCc1ccccc1NC(=O)CSC1=N[C@H]2CS(=O)(=O)C[C@@H]2N1c1ccc(F)cc1F. The lowest BCUT2D eigenvalue weighted by molar-refractivity contribution is -0.113. The molecule has 1 N–H and O–H groups in total. The van der Waals surface area contributed by atoms with Gasteiger partial charge in [-0.05, 0) is 30.2 Å². The molecule has 1 saturated heterocycles. The third-order valence-electron chi connectivity index (χ3n) is 5.28. The Kier molecular flexibility index (Phi) is 6.02. The highest BCUT2D eigenvalue weighted by molar-refractivity contribution is 8.14. The summed E-state index contributed by atoms with van der Waals surface area (Å²) < 4.78 is 52.1. The Hall–Kier alpha value is -2.46. The number of carbonyl (C=O) groups excluding carboxylic acids is 1. The first kappa shape index (κ1) is 21.8. The summed E-state index contributed by atoms with van der Waals surface area (Å²) in [6, 6.07) is 9.52. The maximum atomic E-state index is 14.5. The smallest absolute Gasteiger partial charge is 0.234 e. The van der Waals surface area contributed by atoms with Gasteiger partial charge in [-0.3, -0.25) is 9.79 Å². The maximum absolute atomic E-state index is 14.5. The van der Waals surface area contributed by atoms with E-state index < -0.39 is 33.6 Å². The van der Waals surface area contributed by atoms with Crippen molar-refractivity contribution in [1.29, 1.82) is 0 Å². The van der Waals surface area contributed by atoms with Gasteiger partial charge in [-0.1, -0.05) is 36.9 Å². The molecule has 1 amide bonds. The van der Waals surface area contributed by atoms with Crippen molar-refractivity contribution < 1.29 is 22.0 Å². The lowest BCUT2D eigenvalue weighted by atomic mass is 10.1. The van der Waals surface area contributed by atoms with E-state index in [1.807, 2.05) is 31.2 Å². The fraction of sp³-hybridized carbons (Fsp3) is 0.333. The summed E-state index contributed by atoms with van der Waals surface area (Å²) >= 11 is 1.11. The highest BCUT2D eigenvalue weighted by Crippen LogP contribution is 2.36. The molecule has 4 rings (SSSR count). The number of sulfone groups is 1. The number of para-hydroxylation sites is 1. The van der Waals surface area contributed by atoms with E-state index in [4.69, 9.17) is 0 Å². The van der Waals surface area contributed by atoms with Crippen LogP contribution < -0.4 is 10.2 Å². The maximum Gasteiger partial charge on any atom is 0.234 e. The van der Waals surface area contributed by atoms with Crippen LogP contribution in [0.1, 0.15) is 12.5 Å². The molecule has 2 atom stereocenters. The number of hydrogen-bond acceptors (Lipinski definition) is 6. The van der Waals surface area contributed by atoms with Crippen LogP contribution in [0.15, 0.2) is 47.5 Å². The minimum atomic E-state index is -3.30. The van der Waals surface area contributed by atoms with E-state index >= 15 is 0 Å². The van der Waals surface area contributed by atoms with E-state index in [-0.39, 0.29) is 28.9 Å². The molecule has 164 valence electrons. The number of amides is 1. The van der Waals surface area contributed by atoms with E-state index in [0.29, 0.717) is 5.17 Å². The van der Waals surface area contributed by atoms with Crippen molar-refractivity contribution >= 4 is 44.0 Å². The van der Waals surface area contributed by atoms with Crippen LogP contribution in [0.5, 0.6) is 0 Å². The number of rotatable bonds is 5. The zero-order valence-corrected chi connectivity index (χ0v) is 18.3. The van der Waals surface area contributed by atoms with E-state index in [1.165, 1.54) is 11.0 Å². The summed E-state index contributed by atoms with van der Waals surface area (Å²) in [5.41, 5.74) is 1.79. The number of thioether (sulfide) groups is 1. The van der Waals surface area contributed by atoms with Gasteiger partial charge in [0, 0.05) is 11.8 Å². The molecule has 31 heavy (non-hydrogen) atoms. The second-order valence-electron chi connectivity index (χ2n) is 7.44. The molecule has 6 nitrogen and oxygen atoms in total. The number of nitrogens with one attached hydrogen (secondary N) is 1. The monoisotopic (exact) mass is 465 g/mol. The molecule has 0 spiro atoms. The second-order valence-corrected chi connectivity index (χ2v) is 10.5. The Balaban J connectivity index is 1.53. The van der Waals surface area contributed by atoms with Crippen molar-refractivity contribution in [3.8, 4) is 0 Å². The molecule has 10 heteroatoms. The lowest BCUT2D eigenvalue weighted by Crippen LogP contribution is -2.40. The van der Waals surface area contributed by atoms with Gasteiger partial charge in [0.2, 0.25) is 5.91 Å². The number of hydrogen-bond donors (Lipinski definition) is 1. The second kappa shape index (κ2) is 8.58. The number of fused-ring (bicyclic) bond motifs is 1. The predicted molar refractivity (Wildman–Crippen MR) is 119 cm³/mol. The van der Waals surface area contributed by atoms with Gasteiger partial charge < -0.3 is 10.2 Å². The normalized spacial score (nSPS) is 21.6. The predicted octanol–water partition coefficient (Wildman–Crippen LogP) is 3.24. The molecule has 0 bridgehead atoms. The van der Waals surface area contributed by atoms with Gasteiger partial charge in [0.05, 0.1) is 35.0 Å². The molecule has 2 aromatic carbocycles. The number of aryl methyl sites for hydroxylation is 1. The highest BCUT2D eigenvalue weighted by Gasteiger charge is 2.47. The lowest BCUT2D eigenvalue weighted by Gasteiger charge is -2.26. The minimum absolute atomic E-state index is 0.0163. The van der Waals surface area contributed by atoms with E-state index in [2.05, 4.69) is 10.3 Å². The Bertz CT molecular complexity index is 1150. The zero-order chi connectivity index (χ0) is 22.2. The highest BCUT2D eigenvalue weighted by atomic mass is 32.2. The fourth-order valence-corrected chi connectivity index (χ4v) is 6.62. The summed E-state index contributed by atoms with van der Waals surface area (Å²) in [6.45, 7) is 1.99. The number of amidine groups is 1. The Morgan fingerprint density at radius 2 is 2.00 bits per heavy atom. The number of nitrogens with zero attached hydrogens (tertiary/aromatic N) is 2. The van der Waals surface area contributed by atoms with Gasteiger partial charge >= 0.3 is 0 Å². The van der Waals surface area contributed by atoms with Gasteiger partial charge in [-0.2, -0.15) is 0 Å². The topological polar surface area (TPSA) is 78.8 Å². The largest absolute Gasteiger partial charge is 0.325 e. The first-order chi connectivity index (χ1) is 14.8. The average Bonchev–Trinajstić information content (AvgIpc) is 3.18. The third kappa shape index (κ3) is 4.59.